The van der Waals surface area contributed by atoms with E-state index in [9.17, 15) is 9.90 Å². The number of aryl methyl sites for hydroxylation is 1. The predicted octanol–water partition coefficient (Wildman–Crippen LogP) is 5.49. The Bertz CT molecular complexity index is 1400. The Balaban J connectivity index is 1.68. The van der Waals surface area contributed by atoms with Crippen molar-refractivity contribution in [1.82, 2.24) is 0 Å². The number of fused-ring (bicyclic) bond motifs is 2. The van der Waals surface area contributed by atoms with Gasteiger partial charge in [0.05, 0.1) is 35.6 Å². The summed E-state index contributed by atoms with van der Waals surface area (Å²) < 4.78 is 10.8. The SMILES string of the molecule is COc1ccc(C2CC(c3c(O)c4cc(C)ccc4oc3=O)=Nc3ccccc3N2)cc1. The maximum atomic E-state index is 12.9. The highest BCUT2D eigenvalue weighted by Gasteiger charge is 2.26. The quantitative estimate of drug-likeness (QED) is 0.423. The molecule has 5 rings (SSSR count). The van der Waals surface area contributed by atoms with Crippen LogP contribution in [0.2, 0.25) is 0 Å². The molecule has 0 saturated carbocycles. The molecular formula is C26H22N2O4. The fourth-order valence-electron chi connectivity index (χ4n) is 4.07. The van der Waals surface area contributed by atoms with E-state index in [4.69, 9.17) is 14.1 Å². The van der Waals surface area contributed by atoms with Gasteiger partial charge in [-0.15, -0.1) is 0 Å². The van der Waals surface area contributed by atoms with Crippen LogP contribution in [0.4, 0.5) is 11.4 Å². The molecule has 3 aromatic carbocycles. The van der Waals surface area contributed by atoms with Crippen LogP contribution in [-0.4, -0.2) is 17.9 Å². The van der Waals surface area contributed by atoms with Gasteiger partial charge in [0.15, 0.2) is 0 Å². The monoisotopic (exact) mass is 426 g/mol. The molecule has 160 valence electrons. The van der Waals surface area contributed by atoms with E-state index in [1.165, 1.54) is 0 Å². The van der Waals surface area contributed by atoms with Crippen LogP contribution >= 0.6 is 0 Å². The standard InChI is InChI=1S/C26H22N2O4/c1-15-7-12-23-18(13-15)25(29)24(26(30)32-23)22-14-21(16-8-10-17(31-2)11-9-16)27-19-5-3-4-6-20(19)28-22/h3-13,21,27,29H,14H2,1-2H3. The van der Waals surface area contributed by atoms with E-state index in [1.807, 2.05) is 67.6 Å². The Morgan fingerprint density at radius 3 is 2.66 bits per heavy atom. The normalized spacial score (nSPS) is 15.4. The van der Waals surface area contributed by atoms with E-state index < -0.39 is 5.63 Å². The molecule has 6 heteroatoms. The van der Waals surface area contributed by atoms with Crippen LogP contribution in [0.25, 0.3) is 11.0 Å². The number of aromatic hydroxyl groups is 1. The first-order chi connectivity index (χ1) is 15.5. The molecule has 4 aromatic rings. The van der Waals surface area contributed by atoms with Gasteiger partial charge in [-0.2, -0.15) is 0 Å². The van der Waals surface area contributed by atoms with Gasteiger partial charge in [0.1, 0.15) is 22.6 Å². The maximum Gasteiger partial charge on any atom is 0.349 e. The lowest BCUT2D eigenvalue weighted by Crippen LogP contribution is -2.19. The predicted molar refractivity (Wildman–Crippen MR) is 125 cm³/mol. The Kier molecular flexibility index (Phi) is 4.90. The summed E-state index contributed by atoms with van der Waals surface area (Å²) in [5, 5.41) is 15.1. The molecular weight excluding hydrogens is 404 g/mol. The van der Waals surface area contributed by atoms with Crippen molar-refractivity contribution >= 4 is 28.1 Å². The fourth-order valence-corrected chi connectivity index (χ4v) is 4.07. The zero-order chi connectivity index (χ0) is 22.2. The minimum absolute atomic E-state index is 0.0973. The summed E-state index contributed by atoms with van der Waals surface area (Å²) >= 11 is 0. The van der Waals surface area contributed by atoms with E-state index in [0.29, 0.717) is 28.8 Å². The lowest BCUT2D eigenvalue weighted by Gasteiger charge is -2.19. The summed E-state index contributed by atoms with van der Waals surface area (Å²) in [6.07, 6.45) is 0.386. The number of rotatable bonds is 3. The molecule has 0 spiro atoms. The number of nitrogens with zero attached hydrogens (tertiary/aromatic N) is 1. The van der Waals surface area contributed by atoms with E-state index in [0.717, 1.165) is 22.6 Å². The summed E-state index contributed by atoms with van der Waals surface area (Å²) in [5.41, 5.74) is 3.82. The van der Waals surface area contributed by atoms with Crippen LogP contribution in [0, 0.1) is 6.92 Å². The first kappa shape index (κ1) is 19.9. The van der Waals surface area contributed by atoms with Crippen molar-refractivity contribution in [2.24, 2.45) is 4.99 Å². The van der Waals surface area contributed by atoms with Gasteiger partial charge in [0.25, 0.3) is 0 Å². The van der Waals surface area contributed by atoms with Crippen LogP contribution in [-0.2, 0) is 0 Å². The Morgan fingerprint density at radius 2 is 1.88 bits per heavy atom. The average molecular weight is 426 g/mol. The lowest BCUT2D eigenvalue weighted by molar-refractivity contribution is 0.414. The van der Waals surface area contributed by atoms with Gasteiger partial charge in [-0.25, -0.2) is 4.79 Å². The molecule has 1 aromatic heterocycles. The van der Waals surface area contributed by atoms with Crippen LogP contribution in [0.5, 0.6) is 11.5 Å². The number of hydrogen-bond acceptors (Lipinski definition) is 6. The zero-order valence-corrected chi connectivity index (χ0v) is 17.8. The lowest BCUT2D eigenvalue weighted by atomic mass is 9.96. The molecule has 1 atom stereocenters. The Hall–Kier alpha value is -4.06. The molecule has 1 unspecified atom stereocenters. The summed E-state index contributed by atoms with van der Waals surface area (Å²) in [6, 6.07) is 20.6. The summed E-state index contributed by atoms with van der Waals surface area (Å²) in [7, 11) is 1.63. The molecule has 1 aliphatic rings. The smallest absolute Gasteiger partial charge is 0.349 e. The first-order valence-corrected chi connectivity index (χ1v) is 10.4. The second-order valence-corrected chi connectivity index (χ2v) is 7.86. The number of hydrogen-bond donors (Lipinski definition) is 2. The molecule has 2 N–H and O–H groups in total. The average Bonchev–Trinajstić information content (AvgIpc) is 2.99. The highest BCUT2D eigenvalue weighted by atomic mass is 16.5. The van der Waals surface area contributed by atoms with Gasteiger partial charge in [-0.3, -0.25) is 4.99 Å². The number of ether oxygens (including phenoxy) is 1. The summed E-state index contributed by atoms with van der Waals surface area (Å²) in [6.45, 7) is 1.92. The number of nitrogens with one attached hydrogen (secondary N) is 1. The highest BCUT2D eigenvalue weighted by molar-refractivity contribution is 6.08. The minimum Gasteiger partial charge on any atom is -0.506 e. The number of methoxy groups -OCH3 is 1. The largest absolute Gasteiger partial charge is 0.506 e. The molecule has 0 fully saturated rings. The minimum atomic E-state index is -0.606. The van der Waals surface area contributed by atoms with E-state index in [1.54, 1.807) is 13.2 Å². The first-order valence-electron chi connectivity index (χ1n) is 10.4. The second kappa shape index (κ2) is 7.89. The van der Waals surface area contributed by atoms with Gasteiger partial charge in [0, 0.05) is 6.42 Å². The van der Waals surface area contributed by atoms with E-state index >= 15 is 0 Å². The molecule has 2 heterocycles. The van der Waals surface area contributed by atoms with E-state index in [-0.39, 0.29) is 17.4 Å². The van der Waals surface area contributed by atoms with Gasteiger partial charge < -0.3 is 19.6 Å². The van der Waals surface area contributed by atoms with Crippen LogP contribution in [0.3, 0.4) is 0 Å². The van der Waals surface area contributed by atoms with Crippen molar-refractivity contribution in [2.75, 3.05) is 12.4 Å². The van der Waals surface area contributed by atoms with Crippen LogP contribution in [0.15, 0.2) is 80.9 Å². The van der Waals surface area contributed by atoms with Gasteiger partial charge in [-0.05, 0) is 48.9 Å². The van der Waals surface area contributed by atoms with Crippen LogP contribution in [0.1, 0.15) is 29.2 Å². The van der Waals surface area contributed by atoms with Crippen molar-refractivity contribution in [3.05, 3.63) is 93.8 Å². The Labute approximate surface area is 184 Å². The number of anilines is 1. The summed E-state index contributed by atoms with van der Waals surface area (Å²) in [4.78, 5) is 17.7. The molecule has 0 radical (unpaired) electrons. The number of benzene rings is 3. The summed E-state index contributed by atoms with van der Waals surface area (Å²) in [5.74, 6) is 0.659. The van der Waals surface area contributed by atoms with Crippen molar-refractivity contribution < 1.29 is 14.3 Å². The molecule has 0 saturated heterocycles. The molecule has 0 amide bonds. The molecule has 32 heavy (non-hydrogen) atoms. The van der Waals surface area contributed by atoms with Crippen molar-refractivity contribution in [2.45, 2.75) is 19.4 Å². The fraction of sp³-hybridized carbons (Fsp3) is 0.154. The van der Waals surface area contributed by atoms with Gasteiger partial charge >= 0.3 is 5.63 Å². The van der Waals surface area contributed by atoms with Crippen molar-refractivity contribution in [1.29, 1.82) is 0 Å². The maximum absolute atomic E-state index is 12.9. The van der Waals surface area contributed by atoms with Crippen molar-refractivity contribution in [3.8, 4) is 11.5 Å². The number of para-hydroxylation sites is 2. The highest BCUT2D eigenvalue weighted by Crippen LogP contribution is 2.37. The van der Waals surface area contributed by atoms with Crippen molar-refractivity contribution in [3.63, 3.8) is 0 Å². The molecule has 1 aliphatic heterocycles. The third-order valence-corrected chi connectivity index (χ3v) is 5.73. The molecule has 0 bridgehead atoms. The van der Waals surface area contributed by atoms with Crippen LogP contribution < -0.4 is 15.7 Å². The molecule has 0 aliphatic carbocycles. The van der Waals surface area contributed by atoms with Gasteiger partial charge in [-0.1, -0.05) is 35.9 Å². The third kappa shape index (κ3) is 3.50. The Morgan fingerprint density at radius 1 is 1.09 bits per heavy atom. The molecule has 6 nitrogen and oxygen atoms in total. The third-order valence-electron chi connectivity index (χ3n) is 5.73. The van der Waals surface area contributed by atoms with E-state index in [2.05, 4.69) is 5.32 Å². The zero-order valence-electron chi connectivity index (χ0n) is 17.8. The second-order valence-electron chi connectivity index (χ2n) is 7.86. The number of aliphatic imine (C=N–C) groups is 1. The topological polar surface area (TPSA) is 84.1 Å². The van der Waals surface area contributed by atoms with Gasteiger partial charge in [0.2, 0.25) is 0 Å².